The molecule has 158 valence electrons. The van der Waals surface area contributed by atoms with Crippen LogP contribution in [0.3, 0.4) is 0 Å². The molecule has 11 heteroatoms. The second-order valence-corrected chi connectivity index (χ2v) is 8.73. The molecule has 1 aliphatic carbocycles. The Labute approximate surface area is 165 Å². The monoisotopic (exact) mass is 421 g/mol. The topological polar surface area (TPSA) is 126 Å². The highest BCUT2D eigenvalue weighted by Gasteiger charge is 2.41. The van der Waals surface area contributed by atoms with Gasteiger partial charge in [-0.25, -0.2) is 9.79 Å². The molecule has 0 saturated heterocycles. The third-order valence-electron chi connectivity index (χ3n) is 4.88. The van der Waals surface area contributed by atoms with Crippen LogP contribution in [-0.2, 0) is 23.3 Å². The van der Waals surface area contributed by atoms with Gasteiger partial charge in [0.05, 0.1) is 10.6 Å². The number of carboxylic acids is 1. The van der Waals surface area contributed by atoms with Crippen LogP contribution in [0.15, 0.2) is 4.99 Å². The summed E-state index contributed by atoms with van der Waals surface area (Å²) in [6.45, 7) is 5.25. The molecule has 1 atom stereocenters. The number of hydrogen-bond acceptors (Lipinski definition) is 7. The lowest BCUT2D eigenvalue weighted by Crippen LogP contribution is -2.45. The molecule has 28 heavy (non-hydrogen) atoms. The van der Waals surface area contributed by atoms with E-state index in [4.69, 9.17) is 21.4 Å². The van der Waals surface area contributed by atoms with Crippen LogP contribution in [0.5, 0.6) is 0 Å². The lowest BCUT2D eigenvalue weighted by atomic mass is 9.76. The largest absolute Gasteiger partial charge is 0.490 e. The third-order valence-corrected chi connectivity index (χ3v) is 6.32. The first-order chi connectivity index (χ1) is 12.8. The van der Waals surface area contributed by atoms with Gasteiger partial charge in [-0.15, -0.1) is 11.3 Å². The molecule has 0 amide bonds. The molecule has 0 aromatic carbocycles. The van der Waals surface area contributed by atoms with Gasteiger partial charge in [0, 0.05) is 11.3 Å². The Morgan fingerprint density at radius 3 is 2.54 bits per heavy atom. The minimum atomic E-state index is -5.08. The summed E-state index contributed by atoms with van der Waals surface area (Å²) in [5, 5.41) is 13.8. The van der Waals surface area contributed by atoms with E-state index < -0.39 is 17.8 Å². The van der Waals surface area contributed by atoms with E-state index >= 15 is 0 Å². The van der Waals surface area contributed by atoms with E-state index in [-0.39, 0.29) is 0 Å². The van der Waals surface area contributed by atoms with Gasteiger partial charge in [0.15, 0.2) is 11.6 Å². The molecule has 2 heterocycles. The molecular formula is C17H26F3N5O2S. The summed E-state index contributed by atoms with van der Waals surface area (Å²) in [7, 11) is 1.93. The van der Waals surface area contributed by atoms with Gasteiger partial charge in [0.1, 0.15) is 0 Å². The Hall–Kier alpha value is -1.85. The van der Waals surface area contributed by atoms with Gasteiger partial charge in [-0.2, -0.15) is 13.2 Å². The third kappa shape index (κ3) is 4.58. The number of aryl methyl sites for hydroxylation is 1. The van der Waals surface area contributed by atoms with Crippen LogP contribution in [0.4, 0.5) is 18.9 Å². The fourth-order valence-corrected chi connectivity index (χ4v) is 4.87. The molecule has 0 fully saturated rings. The average Bonchev–Trinajstić information content (AvgIpc) is 2.92. The summed E-state index contributed by atoms with van der Waals surface area (Å²) in [5.74, 6) is -2.28. The van der Waals surface area contributed by atoms with E-state index in [9.17, 15) is 13.2 Å². The number of guanidine groups is 1. The number of carboxylic acid groups (broad SMARTS) is 1. The van der Waals surface area contributed by atoms with Crippen molar-refractivity contribution in [3.8, 4) is 0 Å². The number of nitrogens with one attached hydrogen (secondary N) is 2. The van der Waals surface area contributed by atoms with Gasteiger partial charge < -0.3 is 21.9 Å². The van der Waals surface area contributed by atoms with E-state index in [2.05, 4.69) is 29.5 Å². The van der Waals surface area contributed by atoms with Crippen molar-refractivity contribution in [1.82, 2.24) is 5.32 Å². The lowest BCUT2D eigenvalue weighted by Gasteiger charge is -2.34. The maximum absolute atomic E-state index is 10.6. The second kappa shape index (κ2) is 7.88. The zero-order chi connectivity index (χ0) is 21.3. The highest BCUT2D eigenvalue weighted by Crippen LogP contribution is 2.49. The van der Waals surface area contributed by atoms with Gasteiger partial charge >= 0.3 is 12.1 Å². The minimum Gasteiger partial charge on any atom is -0.475 e. The Balaban J connectivity index is 0.000000345. The average molecular weight is 421 g/mol. The van der Waals surface area contributed by atoms with Crippen LogP contribution < -0.4 is 22.1 Å². The van der Waals surface area contributed by atoms with Crippen LogP contribution in [-0.4, -0.2) is 36.8 Å². The van der Waals surface area contributed by atoms with E-state index in [1.807, 2.05) is 18.4 Å². The molecule has 0 bridgehead atoms. The Morgan fingerprint density at radius 2 is 2.04 bits per heavy atom. The number of fused-ring (bicyclic) bond motifs is 3. The van der Waals surface area contributed by atoms with Crippen molar-refractivity contribution >= 4 is 29.0 Å². The normalized spacial score (nSPS) is 22.8. The van der Waals surface area contributed by atoms with Gasteiger partial charge in [-0.1, -0.05) is 13.8 Å². The maximum Gasteiger partial charge on any atom is 0.490 e. The quantitative estimate of drug-likeness (QED) is 0.510. The number of halogens is 3. The molecule has 0 radical (unpaired) electrons. The summed E-state index contributed by atoms with van der Waals surface area (Å²) in [6.07, 6.45) is -0.859. The van der Waals surface area contributed by atoms with Crippen molar-refractivity contribution in [3.05, 3.63) is 15.3 Å². The minimum absolute atomic E-state index is 0.350. The Bertz CT molecular complexity index is 776. The molecule has 0 saturated carbocycles. The van der Waals surface area contributed by atoms with Crippen LogP contribution >= 0.6 is 11.3 Å². The van der Waals surface area contributed by atoms with Crippen LogP contribution in [0, 0.1) is 5.41 Å². The number of thiophene rings is 1. The number of aliphatic carboxylic acids is 1. The number of nitrogens with two attached hydrogens (primary N) is 2. The SMILES string of the molecule is CNC1(CCN)N=C(N)Nc2c1sc1c2CC(C)(C)CC1.O=C(O)C(F)(F)F. The summed E-state index contributed by atoms with van der Waals surface area (Å²) in [4.78, 5) is 16.3. The van der Waals surface area contributed by atoms with Crippen molar-refractivity contribution in [2.45, 2.75) is 51.4 Å². The molecule has 3 rings (SSSR count). The van der Waals surface area contributed by atoms with Crippen LogP contribution in [0.25, 0.3) is 0 Å². The lowest BCUT2D eigenvalue weighted by molar-refractivity contribution is -0.192. The standard InChI is InChI=1S/C15H25N5S.C2HF3O2/c1-14(2)5-4-10-9(8-14)11-12(21-10)15(18-3,6-7-16)20-13(17)19-11;3-2(4,5)1(6)7/h18H,4-8,16H2,1-3H3,(H3,17,19,20);(H,6,7). The molecule has 0 spiro atoms. The number of hydrogen-bond donors (Lipinski definition) is 5. The first-order valence-corrected chi connectivity index (χ1v) is 9.63. The Morgan fingerprint density at radius 1 is 1.43 bits per heavy atom. The van der Waals surface area contributed by atoms with Crippen molar-refractivity contribution in [2.24, 2.45) is 21.9 Å². The zero-order valence-electron chi connectivity index (χ0n) is 16.0. The zero-order valence-corrected chi connectivity index (χ0v) is 16.9. The number of aliphatic imine (C=N–C) groups is 1. The van der Waals surface area contributed by atoms with Gasteiger partial charge in [0.25, 0.3) is 0 Å². The maximum atomic E-state index is 10.6. The van der Waals surface area contributed by atoms with E-state index in [1.165, 1.54) is 27.4 Å². The number of rotatable bonds is 3. The van der Waals surface area contributed by atoms with Crippen molar-refractivity contribution < 1.29 is 23.1 Å². The fourth-order valence-electron chi connectivity index (χ4n) is 3.43. The molecule has 1 aliphatic heterocycles. The number of nitrogens with zero attached hydrogens (tertiary/aromatic N) is 1. The van der Waals surface area contributed by atoms with E-state index in [1.54, 1.807) is 0 Å². The second-order valence-electron chi connectivity index (χ2n) is 7.62. The highest BCUT2D eigenvalue weighted by atomic mass is 32.1. The first-order valence-electron chi connectivity index (χ1n) is 8.81. The molecular weight excluding hydrogens is 395 g/mol. The number of anilines is 1. The molecule has 7 nitrogen and oxygen atoms in total. The van der Waals surface area contributed by atoms with Crippen molar-refractivity contribution in [2.75, 3.05) is 18.9 Å². The van der Waals surface area contributed by atoms with Gasteiger partial charge in [-0.05, 0) is 43.8 Å². The number of alkyl halides is 3. The summed E-state index contributed by atoms with van der Waals surface area (Å²) in [5.41, 5.74) is 14.4. The van der Waals surface area contributed by atoms with E-state index in [0.29, 0.717) is 17.9 Å². The molecule has 1 unspecified atom stereocenters. The summed E-state index contributed by atoms with van der Waals surface area (Å²) >= 11 is 1.87. The molecule has 7 N–H and O–H groups in total. The predicted molar refractivity (Wildman–Crippen MR) is 103 cm³/mol. The Kier molecular flexibility index (Phi) is 6.31. The van der Waals surface area contributed by atoms with Crippen molar-refractivity contribution in [1.29, 1.82) is 0 Å². The fraction of sp³-hybridized carbons (Fsp3) is 0.647. The number of carbonyl (C=O) groups is 1. The molecule has 1 aromatic rings. The molecule has 2 aliphatic rings. The first kappa shape index (κ1) is 22.4. The smallest absolute Gasteiger partial charge is 0.475 e. The van der Waals surface area contributed by atoms with Crippen molar-refractivity contribution in [3.63, 3.8) is 0 Å². The summed E-state index contributed by atoms with van der Waals surface area (Å²) < 4.78 is 31.7. The van der Waals surface area contributed by atoms with Crippen LogP contribution in [0.1, 0.15) is 42.0 Å². The summed E-state index contributed by atoms with van der Waals surface area (Å²) in [6, 6.07) is 0. The predicted octanol–water partition coefficient (Wildman–Crippen LogP) is 2.36. The van der Waals surface area contributed by atoms with E-state index in [0.717, 1.165) is 19.3 Å². The highest BCUT2D eigenvalue weighted by molar-refractivity contribution is 7.13. The van der Waals surface area contributed by atoms with Gasteiger partial charge in [0.2, 0.25) is 0 Å². The van der Waals surface area contributed by atoms with Crippen LogP contribution in [0.2, 0.25) is 0 Å². The van der Waals surface area contributed by atoms with Gasteiger partial charge in [-0.3, -0.25) is 5.32 Å². The molecule has 1 aromatic heterocycles.